The van der Waals surface area contributed by atoms with Crippen molar-refractivity contribution in [3.8, 4) is 0 Å². The predicted molar refractivity (Wildman–Crippen MR) is 68.7 cm³/mol. The van der Waals surface area contributed by atoms with E-state index in [-0.39, 0.29) is 11.6 Å². The smallest absolute Gasteiger partial charge is 0.259 e. The first-order chi connectivity index (χ1) is 8.40. The van der Waals surface area contributed by atoms with E-state index in [0.717, 1.165) is 6.42 Å². The fourth-order valence-electron chi connectivity index (χ4n) is 1.64. The standard InChI is InChI=1S/C11H21N3O3S/c1-4-6-10(15)7-12-18(16,17)11-8-14(5-2)9(3)13-11/h8,10,12,15H,4-7H2,1-3H3. The van der Waals surface area contributed by atoms with Crippen molar-refractivity contribution in [1.82, 2.24) is 14.3 Å². The van der Waals surface area contributed by atoms with Gasteiger partial charge in [0.2, 0.25) is 0 Å². The average molecular weight is 275 g/mol. The van der Waals surface area contributed by atoms with E-state index in [4.69, 9.17) is 0 Å². The fraction of sp³-hybridized carbons (Fsp3) is 0.727. The minimum absolute atomic E-state index is 0.00514. The molecule has 0 aliphatic rings. The van der Waals surface area contributed by atoms with E-state index < -0.39 is 16.1 Å². The predicted octanol–water partition coefficient (Wildman–Crippen LogP) is 0.651. The number of nitrogens with one attached hydrogen (secondary N) is 1. The molecule has 18 heavy (non-hydrogen) atoms. The lowest BCUT2D eigenvalue weighted by atomic mass is 10.2. The molecule has 1 aromatic rings. The van der Waals surface area contributed by atoms with Gasteiger partial charge in [0.1, 0.15) is 5.82 Å². The quantitative estimate of drug-likeness (QED) is 0.765. The molecule has 0 saturated heterocycles. The molecular weight excluding hydrogens is 254 g/mol. The Morgan fingerprint density at radius 3 is 2.67 bits per heavy atom. The number of aliphatic hydroxyl groups excluding tert-OH is 1. The molecule has 1 unspecified atom stereocenters. The van der Waals surface area contributed by atoms with Crippen LogP contribution in [0.3, 0.4) is 0 Å². The van der Waals surface area contributed by atoms with Crippen LogP contribution in [0, 0.1) is 6.92 Å². The van der Waals surface area contributed by atoms with Crippen LogP contribution in [0.1, 0.15) is 32.5 Å². The Morgan fingerprint density at radius 1 is 1.50 bits per heavy atom. The Bertz CT molecular complexity index is 482. The van der Waals surface area contributed by atoms with Crippen LogP contribution in [0.2, 0.25) is 0 Å². The Labute approximate surface area is 108 Å². The highest BCUT2D eigenvalue weighted by Crippen LogP contribution is 2.09. The maximum absolute atomic E-state index is 11.9. The molecule has 1 rings (SSSR count). The molecule has 104 valence electrons. The van der Waals surface area contributed by atoms with Gasteiger partial charge in [-0.25, -0.2) is 18.1 Å². The van der Waals surface area contributed by atoms with E-state index in [1.54, 1.807) is 11.5 Å². The van der Waals surface area contributed by atoms with E-state index in [1.807, 2.05) is 13.8 Å². The first-order valence-corrected chi connectivity index (χ1v) is 7.60. The van der Waals surface area contributed by atoms with Crippen LogP contribution in [-0.4, -0.2) is 35.7 Å². The molecular formula is C11H21N3O3S. The molecule has 1 heterocycles. The van der Waals surface area contributed by atoms with Crippen LogP contribution in [0.25, 0.3) is 0 Å². The van der Waals surface area contributed by atoms with Gasteiger partial charge in [-0.1, -0.05) is 13.3 Å². The second-order valence-electron chi connectivity index (χ2n) is 4.21. The van der Waals surface area contributed by atoms with Crippen molar-refractivity contribution in [3.63, 3.8) is 0 Å². The number of nitrogens with zero attached hydrogens (tertiary/aromatic N) is 2. The number of aryl methyl sites for hydroxylation is 2. The third-order valence-corrected chi connectivity index (χ3v) is 3.99. The molecule has 0 radical (unpaired) electrons. The van der Waals surface area contributed by atoms with Gasteiger partial charge in [-0.2, -0.15) is 0 Å². The van der Waals surface area contributed by atoms with Gasteiger partial charge in [0, 0.05) is 19.3 Å². The molecule has 0 saturated carbocycles. The maximum atomic E-state index is 11.9. The van der Waals surface area contributed by atoms with Gasteiger partial charge < -0.3 is 9.67 Å². The Morgan fingerprint density at radius 2 is 2.17 bits per heavy atom. The number of hydrogen-bond donors (Lipinski definition) is 2. The normalized spacial score (nSPS) is 13.8. The molecule has 0 fully saturated rings. The summed E-state index contributed by atoms with van der Waals surface area (Å²) in [6.07, 6.45) is 2.24. The maximum Gasteiger partial charge on any atom is 0.259 e. The van der Waals surface area contributed by atoms with Crippen molar-refractivity contribution in [2.45, 2.75) is 51.3 Å². The zero-order valence-corrected chi connectivity index (χ0v) is 11.9. The summed E-state index contributed by atoms with van der Waals surface area (Å²) in [5, 5.41) is 9.52. The SMILES string of the molecule is CCCC(O)CNS(=O)(=O)c1cn(CC)c(C)n1. The summed E-state index contributed by atoms with van der Waals surface area (Å²) in [5.41, 5.74) is 0. The average Bonchev–Trinajstić information content (AvgIpc) is 2.69. The molecule has 1 atom stereocenters. The van der Waals surface area contributed by atoms with E-state index in [1.165, 1.54) is 6.20 Å². The van der Waals surface area contributed by atoms with Gasteiger partial charge in [-0.3, -0.25) is 0 Å². The molecule has 7 heteroatoms. The molecule has 6 nitrogen and oxygen atoms in total. The van der Waals surface area contributed by atoms with Crippen LogP contribution >= 0.6 is 0 Å². The fourth-order valence-corrected chi connectivity index (χ4v) is 2.72. The highest BCUT2D eigenvalue weighted by Gasteiger charge is 2.19. The summed E-state index contributed by atoms with van der Waals surface area (Å²) in [6.45, 7) is 6.31. The van der Waals surface area contributed by atoms with Gasteiger partial charge in [-0.15, -0.1) is 0 Å². The van der Waals surface area contributed by atoms with E-state index in [9.17, 15) is 13.5 Å². The van der Waals surface area contributed by atoms with Crippen molar-refractivity contribution in [1.29, 1.82) is 0 Å². The molecule has 0 spiro atoms. The van der Waals surface area contributed by atoms with Gasteiger partial charge in [-0.05, 0) is 20.3 Å². The zero-order chi connectivity index (χ0) is 13.8. The van der Waals surface area contributed by atoms with Crippen molar-refractivity contribution in [3.05, 3.63) is 12.0 Å². The van der Waals surface area contributed by atoms with Crippen LogP contribution in [0.4, 0.5) is 0 Å². The summed E-state index contributed by atoms with van der Waals surface area (Å²) in [5.74, 6) is 0.659. The second-order valence-corrected chi connectivity index (χ2v) is 5.92. The summed E-state index contributed by atoms with van der Waals surface area (Å²) in [6, 6.07) is 0. The van der Waals surface area contributed by atoms with Crippen LogP contribution in [0.15, 0.2) is 11.2 Å². The molecule has 0 aliphatic heterocycles. The number of imidazole rings is 1. The summed E-state index contributed by atoms with van der Waals surface area (Å²) < 4.78 is 28.0. The van der Waals surface area contributed by atoms with Crippen LogP contribution < -0.4 is 4.72 Å². The van der Waals surface area contributed by atoms with Crippen LogP contribution in [-0.2, 0) is 16.6 Å². The van der Waals surface area contributed by atoms with Crippen molar-refractivity contribution in [2.24, 2.45) is 0 Å². The van der Waals surface area contributed by atoms with Crippen LogP contribution in [0.5, 0.6) is 0 Å². The third-order valence-electron chi connectivity index (χ3n) is 2.70. The number of hydrogen-bond acceptors (Lipinski definition) is 4. The van der Waals surface area contributed by atoms with Crippen molar-refractivity contribution < 1.29 is 13.5 Å². The zero-order valence-electron chi connectivity index (χ0n) is 11.0. The molecule has 1 aromatic heterocycles. The molecule has 0 amide bonds. The first-order valence-electron chi connectivity index (χ1n) is 6.12. The van der Waals surface area contributed by atoms with Gasteiger partial charge in [0.05, 0.1) is 6.10 Å². The topological polar surface area (TPSA) is 84.2 Å². The molecule has 0 bridgehead atoms. The van der Waals surface area contributed by atoms with Gasteiger partial charge >= 0.3 is 0 Å². The third kappa shape index (κ3) is 3.79. The first kappa shape index (κ1) is 15.1. The summed E-state index contributed by atoms with van der Waals surface area (Å²) >= 11 is 0. The Balaban J connectivity index is 2.74. The number of rotatable bonds is 7. The minimum Gasteiger partial charge on any atom is -0.392 e. The lowest BCUT2D eigenvalue weighted by Gasteiger charge is -2.09. The highest BCUT2D eigenvalue weighted by atomic mass is 32.2. The summed E-state index contributed by atoms with van der Waals surface area (Å²) in [4.78, 5) is 4.01. The number of aromatic nitrogens is 2. The largest absolute Gasteiger partial charge is 0.392 e. The molecule has 0 aromatic carbocycles. The monoisotopic (exact) mass is 275 g/mol. The molecule has 0 aliphatic carbocycles. The van der Waals surface area contributed by atoms with E-state index in [2.05, 4.69) is 9.71 Å². The lowest BCUT2D eigenvalue weighted by molar-refractivity contribution is 0.167. The Hall–Kier alpha value is -0.920. The lowest BCUT2D eigenvalue weighted by Crippen LogP contribution is -2.32. The van der Waals surface area contributed by atoms with Gasteiger partial charge in [0.25, 0.3) is 10.0 Å². The van der Waals surface area contributed by atoms with E-state index in [0.29, 0.717) is 18.8 Å². The summed E-state index contributed by atoms with van der Waals surface area (Å²) in [7, 11) is -3.63. The minimum atomic E-state index is -3.63. The molecule has 2 N–H and O–H groups in total. The second kappa shape index (κ2) is 6.31. The number of aliphatic hydroxyl groups is 1. The Kier molecular flexibility index (Phi) is 5.30. The van der Waals surface area contributed by atoms with Crippen molar-refractivity contribution in [2.75, 3.05) is 6.54 Å². The highest BCUT2D eigenvalue weighted by molar-refractivity contribution is 7.89. The number of sulfonamides is 1. The van der Waals surface area contributed by atoms with Gasteiger partial charge in [0.15, 0.2) is 5.03 Å². The van der Waals surface area contributed by atoms with Crippen molar-refractivity contribution >= 4 is 10.0 Å². The van der Waals surface area contributed by atoms with E-state index >= 15 is 0 Å².